The molecular weight excluding hydrogens is 336 g/mol. The van der Waals surface area contributed by atoms with Crippen LogP contribution in [0.25, 0.3) is 0 Å². The van der Waals surface area contributed by atoms with Crippen molar-refractivity contribution in [1.82, 2.24) is 0 Å². The molecule has 0 aromatic carbocycles. The van der Waals surface area contributed by atoms with Crippen molar-refractivity contribution in [3.63, 3.8) is 0 Å². The molecule has 0 bridgehead atoms. The lowest BCUT2D eigenvalue weighted by atomic mass is 9.55. The summed E-state index contributed by atoms with van der Waals surface area (Å²) in [5.74, 6) is 0.686. The first-order valence-corrected chi connectivity index (χ1v) is 12.6. The van der Waals surface area contributed by atoms with E-state index in [4.69, 9.17) is 4.43 Å². The zero-order chi connectivity index (χ0) is 19.9. The molecule has 1 saturated carbocycles. The van der Waals surface area contributed by atoms with Crippen LogP contribution in [0.15, 0.2) is 24.3 Å². The Hall–Kier alpha value is -0.673. The van der Waals surface area contributed by atoms with Crippen molar-refractivity contribution in [2.75, 3.05) is 6.61 Å². The van der Waals surface area contributed by atoms with Gasteiger partial charge in [0.05, 0.1) is 0 Å². The van der Waals surface area contributed by atoms with E-state index < -0.39 is 8.32 Å². The van der Waals surface area contributed by atoms with Gasteiger partial charge in [0.25, 0.3) is 0 Å². The fourth-order valence-corrected chi connectivity index (χ4v) is 11.4. The van der Waals surface area contributed by atoms with E-state index in [1.165, 1.54) is 0 Å². The van der Waals surface area contributed by atoms with E-state index in [-0.39, 0.29) is 16.7 Å². The summed E-state index contributed by atoms with van der Waals surface area (Å²) in [6.07, 6.45) is 7.06. The largest absolute Gasteiger partial charge is 0.415 e. The molecule has 3 atom stereocenters. The fraction of sp³-hybridized carbons (Fsp3) is 0.783. The van der Waals surface area contributed by atoms with Gasteiger partial charge in [-0.15, -0.1) is 0 Å². The first-order valence-electron chi connectivity index (χ1n) is 10.4. The summed E-state index contributed by atoms with van der Waals surface area (Å²) < 4.78 is 7.01. The maximum absolute atomic E-state index is 13.1. The van der Waals surface area contributed by atoms with Crippen LogP contribution < -0.4 is 0 Å². The monoisotopic (exact) mass is 376 g/mol. The van der Waals surface area contributed by atoms with Gasteiger partial charge in [-0.3, -0.25) is 4.79 Å². The van der Waals surface area contributed by atoms with E-state index in [0.717, 1.165) is 18.4 Å². The first kappa shape index (κ1) is 21.6. The van der Waals surface area contributed by atoms with Crippen molar-refractivity contribution >= 4 is 14.1 Å². The summed E-state index contributed by atoms with van der Waals surface area (Å²) >= 11 is 0. The van der Waals surface area contributed by atoms with Crippen LogP contribution in [-0.4, -0.2) is 20.7 Å². The summed E-state index contributed by atoms with van der Waals surface area (Å²) in [6, 6.07) is 0. The molecule has 2 aliphatic carbocycles. The van der Waals surface area contributed by atoms with Crippen molar-refractivity contribution < 1.29 is 9.22 Å². The number of Topliss-reactive ketones (excluding diaryl/α,β-unsaturated/α-hetero) is 1. The van der Waals surface area contributed by atoms with Crippen molar-refractivity contribution in [2.45, 2.75) is 91.3 Å². The van der Waals surface area contributed by atoms with E-state index in [2.05, 4.69) is 74.1 Å². The Morgan fingerprint density at radius 1 is 1.23 bits per heavy atom. The standard InChI is InChI=1S/C23H40O2Si/c1-16(2)20-13-21(24)22(9)11-10-12-23(22,14-20)15-25-26(17(3)4,18(5)6)19(7)8/h10,12,17-20H,1,11,13-15H2,2-9H3/t20-,22-,23+/m1/s1. The number of rotatable bonds is 7. The van der Waals surface area contributed by atoms with Crippen LogP contribution >= 0.6 is 0 Å². The van der Waals surface area contributed by atoms with E-state index in [0.29, 0.717) is 35.4 Å². The minimum absolute atomic E-state index is 0.164. The molecule has 2 aliphatic rings. The maximum Gasteiger partial charge on any atom is 0.200 e. The molecule has 0 N–H and O–H groups in total. The third-order valence-electron chi connectivity index (χ3n) is 7.70. The third kappa shape index (κ3) is 3.20. The molecule has 0 aliphatic heterocycles. The fourth-order valence-electron chi connectivity index (χ4n) is 5.92. The van der Waals surface area contributed by atoms with Crippen LogP contribution in [0, 0.1) is 16.7 Å². The Morgan fingerprint density at radius 3 is 2.23 bits per heavy atom. The van der Waals surface area contributed by atoms with Crippen LogP contribution in [0.2, 0.25) is 16.6 Å². The second-order valence-corrected chi connectivity index (χ2v) is 15.5. The van der Waals surface area contributed by atoms with Gasteiger partial charge in [0.1, 0.15) is 5.78 Å². The zero-order valence-corrected chi connectivity index (χ0v) is 19.3. The second kappa shape index (κ2) is 7.39. The summed E-state index contributed by atoms with van der Waals surface area (Å²) in [5, 5.41) is 0. The van der Waals surface area contributed by atoms with Gasteiger partial charge in [-0.25, -0.2) is 0 Å². The minimum atomic E-state index is -1.95. The maximum atomic E-state index is 13.1. The van der Waals surface area contributed by atoms with Crippen LogP contribution in [-0.2, 0) is 9.22 Å². The van der Waals surface area contributed by atoms with Crippen LogP contribution in [0.4, 0.5) is 0 Å². The lowest BCUT2D eigenvalue weighted by Gasteiger charge is -2.51. The Kier molecular flexibility index (Phi) is 6.15. The molecule has 0 aromatic rings. The number of fused-ring (bicyclic) bond motifs is 1. The highest BCUT2D eigenvalue weighted by molar-refractivity contribution is 6.77. The molecule has 26 heavy (non-hydrogen) atoms. The first-order chi connectivity index (χ1) is 11.9. The normalized spacial score (nSPS) is 32.0. The smallest absolute Gasteiger partial charge is 0.200 e. The molecule has 0 heterocycles. The third-order valence-corrected chi connectivity index (χ3v) is 13.8. The number of hydrogen-bond donors (Lipinski definition) is 0. The number of carbonyl (C=O) groups excluding carboxylic acids is 1. The van der Waals surface area contributed by atoms with Gasteiger partial charge in [0, 0.05) is 23.9 Å². The van der Waals surface area contributed by atoms with Gasteiger partial charge in [0.2, 0.25) is 0 Å². The van der Waals surface area contributed by atoms with E-state index in [1.807, 2.05) is 0 Å². The van der Waals surface area contributed by atoms with Crippen LogP contribution in [0.5, 0.6) is 0 Å². The summed E-state index contributed by atoms with van der Waals surface area (Å²) in [4.78, 5) is 13.1. The van der Waals surface area contributed by atoms with Gasteiger partial charge in [-0.1, -0.05) is 72.8 Å². The van der Waals surface area contributed by atoms with Crippen LogP contribution in [0.1, 0.15) is 74.7 Å². The molecule has 0 radical (unpaired) electrons. The molecule has 0 aromatic heterocycles. The minimum Gasteiger partial charge on any atom is -0.415 e. The summed E-state index contributed by atoms with van der Waals surface area (Å²) in [6.45, 7) is 23.1. The average Bonchev–Trinajstić information content (AvgIpc) is 2.85. The lowest BCUT2D eigenvalue weighted by molar-refractivity contribution is -0.140. The second-order valence-electron chi connectivity index (χ2n) is 10.1. The molecule has 1 fully saturated rings. The number of allylic oxidation sites excluding steroid dienone is 2. The van der Waals surface area contributed by atoms with Gasteiger partial charge in [-0.2, -0.15) is 0 Å². The van der Waals surface area contributed by atoms with E-state index in [1.54, 1.807) is 0 Å². The molecular formula is C23H40O2Si. The summed E-state index contributed by atoms with van der Waals surface area (Å²) in [5.41, 5.74) is 2.36. The van der Waals surface area contributed by atoms with Crippen molar-refractivity contribution in [3.8, 4) is 0 Å². The van der Waals surface area contributed by atoms with Crippen molar-refractivity contribution in [1.29, 1.82) is 0 Å². The Bertz CT molecular complexity index is 567. The Morgan fingerprint density at radius 2 is 1.77 bits per heavy atom. The molecule has 0 spiro atoms. The zero-order valence-electron chi connectivity index (χ0n) is 18.3. The Labute approximate surface area is 162 Å². The van der Waals surface area contributed by atoms with E-state index in [9.17, 15) is 4.79 Å². The molecule has 2 nitrogen and oxygen atoms in total. The molecule has 0 saturated heterocycles. The number of carbonyl (C=O) groups is 1. The van der Waals surface area contributed by atoms with Gasteiger partial charge in [-0.05, 0) is 42.3 Å². The summed E-state index contributed by atoms with van der Waals surface area (Å²) in [7, 11) is -1.95. The number of ketones is 1. The molecule has 3 heteroatoms. The molecule has 2 rings (SSSR count). The molecule has 0 unspecified atom stereocenters. The van der Waals surface area contributed by atoms with Gasteiger partial charge < -0.3 is 4.43 Å². The molecule has 148 valence electrons. The van der Waals surface area contributed by atoms with Gasteiger partial charge >= 0.3 is 0 Å². The quantitative estimate of drug-likeness (QED) is 0.365. The Balaban J connectivity index is 2.39. The highest BCUT2D eigenvalue weighted by Gasteiger charge is 2.58. The van der Waals surface area contributed by atoms with E-state index >= 15 is 0 Å². The lowest BCUT2D eigenvalue weighted by Crippen LogP contribution is -2.55. The van der Waals surface area contributed by atoms with Crippen molar-refractivity contribution in [2.24, 2.45) is 16.7 Å². The van der Waals surface area contributed by atoms with Crippen molar-refractivity contribution in [3.05, 3.63) is 24.3 Å². The SMILES string of the molecule is C=C(C)[C@@H]1CC(=O)[C@@]2(C)CC=C[C@@]2(CO[Si](C(C)C)(C(C)C)C(C)C)C1. The highest BCUT2D eigenvalue weighted by atomic mass is 28.4. The highest BCUT2D eigenvalue weighted by Crippen LogP contribution is 2.59. The predicted molar refractivity (Wildman–Crippen MR) is 114 cm³/mol. The molecule has 0 amide bonds. The van der Waals surface area contributed by atoms with Crippen LogP contribution in [0.3, 0.4) is 0 Å². The predicted octanol–water partition coefficient (Wildman–Crippen LogP) is 6.69. The number of hydrogen-bond acceptors (Lipinski definition) is 2. The average molecular weight is 377 g/mol. The van der Waals surface area contributed by atoms with Gasteiger partial charge in [0.15, 0.2) is 8.32 Å². The topological polar surface area (TPSA) is 26.3 Å².